The number of aldehydes is 1. The Bertz CT molecular complexity index is 2630. The first kappa shape index (κ1) is 29.3. The lowest BCUT2D eigenvalue weighted by Crippen LogP contribution is -1.98. The van der Waals surface area contributed by atoms with E-state index >= 15 is 0 Å². The molecule has 0 atom stereocenters. The summed E-state index contributed by atoms with van der Waals surface area (Å²) in [6.07, 6.45) is 7.15. The number of aromatic amines is 1. The van der Waals surface area contributed by atoms with Crippen molar-refractivity contribution in [2.24, 2.45) is 0 Å². The first-order chi connectivity index (χ1) is 24.7. The van der Waals surface area contributed by atoms with Crippen LogP contribution in [-0.2, 0) is 0 Å². The summed E-state index contributed by atoms with van der Waals surface area (Å²) in [6, 6.07) is 51.4. The van der Waals surface area contributed by atoms with Crippen LogP contribution in [0.3, 0.4) is 0 Å². The molecule has 0 spiro atoms. The average Bonchev–Trinajstić information content (AvgIpc) is 3.97. The summed E-state index contributed by atoms with van der Waals surface area (Å²) in [4.78, 5) is 27.5. The number of carbonyl (C=O) groups excluding carboxylic acids is 1. The molecule has 0 saturated carbocycles. The van der Waals surface area contributed by atoms with E-state index in [0.29, 0.717) is 5.56 Å². The Balaban J connectivity index is 1.60. The highest BCUT2D eigenvalue weighted by Gasteiger charge is 2.26. The summed E-state index contributed by atoms with van der Waals surface area (Å²) in [5.74, 6) is 0. The zero-order chi connectivity index (χ0) is 33.4. The molecule has 2 aliphatic heterocycles. The van der Waals surface area contributed by atoms with Crippen LogP contribution in [0.2, 0.25) is 0 Å². The van der Waals surface area contributed by atoms with Gasteiger partial charge in [0, 0.05) is 39.0 Å². The molecule has 9 rings (SSSR count). The van der Waals surface area contributed by atoms with Crippen molar-refractivity contribution in [2.75, 3.05) is 0 Å². The first-order valence-corrected chi connectivity index (χ1v) is 16.6. The zero-order valence-corrected chi connectivity index (χ0v) is 27.0. The second-order valence-corrected chi connectivity index (χ2v) is 12.3. The van der Waals surface area contributed by atoms with Crippen LogP contribution in [0.5, 0.6) is 0 Å². The van der Waals surface area contributed by atoms with Crippen LogP contribution in [0.15, 0.2) is 152 Å². The number of hydrogen-bond donors (Lipinski definition) is 1. The number of hydrogen-bond acceptors (Lipinski definition) is 3. The molecule has 2 aliphatic rings. The minimum atomic E-state index is 0.578. The van der Waals surface area contributed by atoms with Gasteiger partial charge in [0.2, 0.25) is 0 Å². The van der Waals surface area contributed by atoms with Gasteiger partial charge >= 0.3 is 0 Å². The van der Waals surface area contributed by atoms with Crippen molar-refractivity contribution in [3.63, 3.8) is 0 Å². The second kappa shape index (κ2) is 12.3. The van der Waals surface area contributed by atoms with E-state index in [0.717, 1.165) is 90.2 Å². The normalized spacial score (nSPS) is 12.1. The molecule has 0 radical (unpaired) electrons. The number of nitrogens with zero attached hydrogens (tertiary/aromatic N) is 3. The summed E-state index contributed by atoms with van der Waals surface area (Å²) in [5, 5.41) is 0. The van der Waals surface area contributed by atoms with E-state index in [1.54, 1.807) is 0 Å². The topological polar surface area (TPSA) is 63.6 Å². The fourth-order valence-electron chi connectivity index (χ4n) is 6.99. The van der Waals surface area contributed by atoms with Gasteiger partial charge in [-0.05, 0) is 77.4 Å². The molecule has 7 aromatic rings. The lowest BCUT2D eigenvalue weighted by Gasteiger charge is -2.15. The minimum absolute atomic E-state index is 0.578. The molecule has 0 unspecified atom stereocenters. The summed E-state index contributed by atoms with van der Waals surface area (Å²) < 4.78 is 2.21. The van der Waals surface area contributed by atoms with Gasteiger partial charge in [0.05, 0.1) is 33.8 Å². The zero-order valence-electron chi connectivity index (χ0n) is 27.0. The van der Waals surface area contributed by atoms with Gasteiger partial charge in [-0.15, -0.1) is 0 Å². The predicted molar refractivity (Wildman–Crippen MR) is 205 cm³/mol. The Labute approximate surface area is 289 Å². The summed E-state index contributed by atoms with van der Waals surface area (Å²) in [5.41, 5.74) is 13.9. The number of benzene rings is 4. The van der Waals surface area contributed by atoms with E-state index < -0.39 is 0 Å². The van der Waals surface area contributed by atoms with E-state index in [1.807, 2.05) is 72.8 Å². The third-order valence-corrected chi connectivity index (χ3v) is 9.16. The molecule has 50 heavy (non-hydrogen) atoms. The molecular formula is C45H30N4O. The molecule has 5 nitrogen and oxygen atoms in total. The van der Waals surface area contributed by atoms with Crippen molar-refractivity contribution in [1.29, 1.82) is 0 Å². The van der Waals surface area contributed by atoms with Gasteiger partial charge in [-0.25, -0.2) is 9.97 Å². The van der Waals surface area contributed by atoms with Gasteiger partial charge in [0.1, 0.15) is 0 Å². The van der Waals surface area contributed by atoms with Gasteiger partial charge in [-0.3, -0.25) is 4.79 Å². The highest BCUT2D eigenvalue weighted by Crippen LogP contribution is 2.44. The van der Waals surface area contributed by atoms with Crippen LogP contribution in [0.1, 0.15) is 38.7 Å². The quantitative estimate of drug-likeness (QED) is 0.190. The van der Waals surface area contributed by atoms with E-state index in [-0.39, 0.29) is 0 Å². The maximum atomic E-state index is 13.5. The molecule has 1 N–H and O–H groups in total. The Morgan fingerprint density at radius 1 is 0.540 bits per heavy atom. The fraction of sp³-hybridized carbons (Fsp3) is 0. The molecule has 236 valence electrons. The molecule has 0 saturated heterocycles. The highest BCUT2D eigenvalue weighted by molar-refractivity contribution is 6.12. The SMILES string of the molecule is O=Cc1c(-c2ccccc2)c2c(-c3ccccc3)c3nc(cc4ccc(cc5nc(cc1n2-c1ccccc1)C=C5)[nH]4)C=C3c1ccccc1. The van der Waals surface area contributed by atoms with Crippen LogP contribution >= 0.6 is 0 Å². The third-order valence-electron chi connectivity index (χ3n) is 9.16. The predicted octanol–water partition coefficient (Wildman–Crippen LogP) is 10.7. The molecule has 5 heteroatoms. The lowest BCUT2D eigenvalue weighted by atomic mass is 9.92. The van der Waals surface area contributed by atoms with Crippen molar-refractivity contribution in [2.45, 2.75) is 0 Å². The number of fused-ring (bicyclic) bond motifs is 8. The fourth-order valence-corrected chi connectivity index (χ4v) is 6.99. The number of aromatic nitrogens is 4. The van der Waals surface area contributed by atoms with E-state index in [4.69, 9.17) is 9.97 Å². The monoisotopic (exact) mass is 642 g/mol. The van der Waals surface area contributed by atoms with Crippen LogP contribution in [0, 0.1) is 0 Å². The molecule has 0 amide bonds. The number of para-hydroxylation sites is 1. The van der Waals surface area contributed by atoms with Gasteiger partial charge in [-0.2, -0.15) is 0 Å². The van der Waals surface area contributed by atoms with Crippen LogP contribution < -0.4 is 0 Å². The largest absolute Gasteiger partial charge is 0.355 e. The minimum Gasteiger partial charge on any atom is -0.355 e. The maximum absolute atomic E-state index is 13.5. The number of nitrogens with one attached hydrogen (secondary N) is 1. The Morgan fingerprint density at radius 3 is 1.70 bits per heavy atom. The average molecular weight is 643 g/mol. The van der Waals surface area contributed by atoms with Crippen LogP contribution in [-0.4, -0.2) is 25.8 Å². The standard InChI is InChI=1S/C45H30N4O/c50-29-40-41-28-36-24-23-34(47-36)25-33-21-22-35(46-33)26-37-27-39(30-13-5-1-6-14-30)44(48-37)43(32-17-9-3-10-18-32)45(42(40)31-15-7-2-8-16-31)49(41)38-19-11-4-12-20-38/h1-29,46H. The van der Waals surface area contributed by atoms with E-state index in [2.05, 4.69) is 107 Å². The third kappa shape index (κ3) is 5.18. The van der Waals surface area contributed by atoms with Crippen LogP contribution in [0.4, 0.5) is 0 Å². The van der Waals surface area contributed by atoms with E-state index in [9.17, 15) is 4.79 Å². The van der Waals surface area contributed by atoms with Crippen molar-refractivity contribution in [3.8, 4) is 27.9 Å². The van der Waals surface area contributed by atoms with Crippen molar-refractivity contribution in [1.82, 2.24) is 19.5 Å². The maximum Gasteiger partial charge on any atom is 0.152 e. The highest BCUT2D eigenvalue weighted by atomic mass is 16.1. The molecule has 8 bridgehead atoms. The smallest absolute Gasteiger partial charge is 0.152 e. The number of H-pyrrole nitrogens is 1. The number of rotatable bonds is 5. The van der Waals surface area contributed by atoms with Crippen molar-refractivity contribution < 1.29 is 4.79 Å². The summed E-state index contributed by atoms with van der Waals surface area (Å²) in [6.45, 7) is 0. The van der Waals surface area contributed by atoms with Gasteiger partial charge < -0.3 is 9.55 Å². The molecule has 0 aliphatic carbocycles. The van der Waals surface area contributed by atoms with Crippen molar-refractivity contribution >= 4 is 52.2 Å². The van der Waals surface area contributed by atoms with E-state index in [1.165, 1.54) is 0 Å². The second-order valence-electron chi connectivity index (χ2n) is 12.3. The molecular weight excluding hydrogens is 613 g/mol. The Hall–Kier alpha value is -6.85. The van der Waals surface area contributed by atoms with Crippen LogP contribution in [0.25, 0.3) is 73.8 Å². The number of carbonyl (C=O) groups is 1. The Morgan fingerprint density at radius 2 is 1.08 bits per heavy atom. The Kier molecular flexibility index (Phi) is 7.21. The van der Waals surface area contributed by atoms with Crippen molar-refractivity contribution in [3.05, 3.63) is 186 Å². The lowest BCUT2D eigenvalue weighted by molar-refractivity contribution is 0.112. The summed E-state index contributed by atoms with van der Waals surface area (Å²) in [7, 11) is 0. The van der Waals surface area contributed by atoms with Gasteiger partial charge in [0.25, 0.3) is 0 Å². The first-order valence-electron chi connectivity index (χ1n) is 16.6. The molecule has 4 aromatic carbocycles. The molecule has 3 aromatic heterocycles. The molecule has 5 heterocycles. The molecule has 0 fully saturated rings. The summed E-state index contributed by atoms with van der Waals surface area (Å²) >= 11 is 0. The van der Waals surface area contributed by atoms with Gasteiger partial charge in [-0.1, -0.05) is 109 Å². The van der Waals surface area contributed by atoms with Gasteiger partial charge in [0.15, 0.2) is 6.29 Å².